The summed E-state index contributed by atoms with van der Waals surface area (Å²) in [7, 11) is 1.71. The lowest BCUT2D eigenvalue weighted by molar-refractivity contribution is -0.116. The fourth-order valence-corrected chi connectivity index (χ4v) is 4.06. The topological polar surface area (TPSA) is 53.0 Å². The van der Waals surface area contributed by atoms with Crippen molar-refractivity contribution in [2.24, 2.45) is 4.99 Å². The molecule has 0 N–H and O–H groups in total. The van der Waals surface area contributed by atoms with Crippen molar-refractivity contribution in [3.63, 3.8) is 0 Å². The predicted molar refractivity (Wildman–Crippen MR) is 128 cm³/mol. The standard InChI is InChI=1S/C25H20FN3O2S/c1-28(20-10-6-3-7-11-20)23(30)17-32-25-27-22(16-18-8-4-2-5-9-18)24(31)29(25)21-14-12-19(26)13-15-21/h2-16H,17H2,1H3. The number of rotatable bonds is 5. The minimum absolute atomic E-state index is 0.0911. The first-order valence-electron chi connectivity index (χ1n) is 9.93. The Bertz CT molecular complexity index is 1180. The highest BCUT2D eigenvalue weighted by Crippen LogP contribution is 2.30. The second kappa shape index (κ2) is 9.62. The highest BCUT2D eigenvalue weighted by atomic mass is 32.2. The van der Waals surface area contributed by atoms with Crippen molar-refractivity contribution in [3.8, 4) is 0 Å². The van der Waals surface area contributed by atoms with Gasteiger partial charge in [0.15, 0.2) is 5.17 Å². The van der Waals surface area contributed by atoms with Crippen LogP contribution >= 0.6 is 11.8 Å². The molecule has 0 saturated carbocycles. The van der Waals surface area contributed by atoms with Gasteiger partial charge in [0.2, 0.25) is 5.91 Å². The van der Waals surface area contributed by atoms with Crippen LogP contribution in [0.15, 0.2) is 95.6 Å². The van der Waals surface area contributed by atoms with Gasteiger partial charge in [-0.3, -0.25) is 14.5 Å². The zero-order chi connectivity index (χ0) is 22.5. The monoisotopic (exact) mass is 445 g/mol. The molecule has 0 saturated heterocycles. The van der Waals surface area contributed by atoms with Crippen LogP contribution in [-0.2, 0) is 9.59 Å². The van der Waals surface area contributed by atoms with Crippen molar-refractivity contribution < 1.29 is 14.0 Å². The number of halogens is 1. The maximum absolute atomic E-state index is 13.4. The number of amides is 2. The van der Waals surface area contributed by atoms with Crippen molar-refractivity contribution in [2.45, 2.75) is 0 Å². The first kappa shape index (κ1) is 21.5. The summed E-state index contributed by atoms with van der Waals surface area (Å²) in [6.45, 7) is 0. The molecule has 0 aromatic heterocycles. The van der Waals surface area contributed by atoms with Gasteiger partial charge in [-0.25, -0.2) is 9.38 Å². The van der Waals surface area contributed by atoms with E-state index in [-0.39, 0.29) is 23.3 Å². The molecular weight excluding hydrogens is 425 g/mol. The maximum Gasteiger partial charge on any atom is 0.283 e. The second-order valence-electron chi connectivity index (χ2n) is 7.03. The zero-order valence-corrected chi connectivity index (χ0v) is 18.1. The van der Waals surface area contributed by atoms with E-state index < -0.39 is 5.82 Å². The van der Waals surface area contributed by atoms with E-state index in [1.807, 2.05) is 60.7 Å². The number of amidine groups is 1. The SMILES string of the molecule is CN(C(=O)CSC1=NC(=Cc2ccccc2)C(=O)N1c1ccc(F)cc1)c1ccccc1. The molecule has 1 heterocycles. The van der Waals surface area contributed by atoms with Crippen molar-refractivity contribution in [3.05, 3.63) is 102 Å². The number of carbonyl (C=O) groups excluding carboxylic acids is 2. The Hall–Kier alpha value is -3.71. The molecule has 0 aliphatic carbocycles. The number of hydrogen-bond donors (Lipinski definition) is 0. The number of anilines is 2. The lowest BCUT2D eigenvalue weighted by atomic mass is 10.2. The van der Waals surface area contributed by atoms with Crippen molar-refractivity contribution in [1.29, 1.82) is 0 Å². The van der Waals surface area contributed by atoms with E-state index in [0.717, 1.165) is 11.3 Å². The third-order valence-electron chi connectivity index (χ3n) is 4.86. The molecule has 1 aliphatic heterocycles. The number of aliphatic imine (C=N–C) groups is 1. The molecule has 2 amide bonds. The van der Waals surface area contributed by atoms with Crippen LogP contribution in [0.25, 0.3) is 6.08 Å². The highest BCUT2D eigenvalue weighted by molar-refractivity contribution is 8.14. The molecule has 4 rings (SSSR count). The van der Waals surface area contributed by atoms with Crippen LogP contribution in [-0.4, -0.2) is 29.8 Å². The Labute approximate surface area is 189 Å². The Kier molecular flexibility index (Phi) is 6.47. The normalized spacial score (nSPS) is 14.6. The van der Waals surface area contributed by atoms with Crippen LogP contribution in [0.5, 0.6) is 0 Å². The molecule has 1 aliphatic rings. The van der Waals surface area contributed by atoms with E-state index in [2.05, 4.69) is 4.99 Å². The van der Waals surface area contributed by atoms with Gasteiger partial charge in [-0.05, 0) is 48.0 Å². The van der Waals surface area contributed by atoms with E-state index in [1.165, 1.54) is 40.9 Å². The molecule has 3 aromatic rings. The average molecular weight is 446 g/mol. The van der Waals surface area contributed by atoms with Gasteiger partial charge in [-0.1, -0.05) is 60.3 Å². The summed E-state index contributed by atoms with van der Waals surface area (Å²) < 4.78 is 13.4. The Morgan fingerprint density at radius 1 is 1.00 bits per heavy atom. The number of carbonyl (C=O) groups is 2. The Morgan fingerprint density at radius 2 is 1.62 bits per heavy atom. The average Bonchev–Trinajstić information content (AvgIpc) is 3.13. The van der Waals surface area contributed by atoms with Gasteiger partial charge >= 0.3 is 0 Å². The van der Waals surface area contributed by atoms with E-state index in [0.29, 0.717) is 10.9 Å². The molecular formula is C25H20FN3O2S. The van der Waals surface area contributed by atoms with Gasteiger partial charge in [0.25, 0.3) is 5.91 Å². The molecule has 0 bridgehead atoms. The molecule has 7 heteroatoms. The molecule has 0 fully saturated rings. The van der Waals surface area contributed by atoms with Crippen LogP contribution in [0, 0.1) is 5.82 Å². The quantitative estimate of drug-likeness (QED) is 0.522. The molecule has 160 valence electrons. The summed E-state index contributed by atoms with van der Waals surface area (Å²) in [4.78, 5) is 33.3. The zero-order valence-electron chi connectivity index (χ0n) is 17.3. The van der Waals surface area contributed by atoms with E-state index >= 15 is 0 Å². The van der Waals surface area contributed by atoms with E-state index in [1.54, 1.807) is 18.0 Å². The van der Waals surface area contributed by atoms with Gasteiger partial charge in [-0.15, -0.1) is 0 Å². The van der Waals surface area contributed by atoms with Gasteiger partial charge in [0.05, 0.1) is 11.4 Å². The van der Waals surface area contributed by atoms with Crippen LogP contribution in [0.2, 0.25) is 0 Å². The molecule has 0 unspecified atom stereocenters. The molecule has 32 heavy (non-hydrogen) atoms. The summed E-state index contributed by atoms with van der Waals surface area (Å²) in [5.74, 6) is -0.762. The van der Waals surface area contributed by atoms with Gasteiger partial charge in [0, 0.05) is 12.7 Å². The van der Waals surface area contributed by atoms with Crippen LogP contribution in [0.3, 0.4) is 0 Å². The summed E-state index contributed by atoms with van der Waals surface area (Å²) in [5, 5.41) is 0.374. The Morgan fingerprint density at radius 3 is 2.28 bits per heavy atom. The molecule has 5 nitrogen and oxygen atoms in total. The first-order chi connectivity index (χ1) is 15.5. The van der Waals surface area contributed by atoms with E-state index in [4.69, 9.17) is 0 Å². The molecule has 0 atom stereocenters. The fourth-order valence-electron chi connectivity index (χ4n) is 3.14. The van der Waals surface area contributed by atoms with E-state index in [9.17, 15) is 14.0 Å². The summed E-state index contributed by atoms with van der Waals surface area (Å²) in [6, 6.07) is 24.3. The number of nitrogens with zero attached hydrogens (tertiary/aromatic N) is 3. The number of para-hydroxylation sites is 1. The van der Waals surface area contributed by atoms with Crippen molar-refractivity contribution in [2.75, 3.05) is 22.6 Å². The Balaban J connectivity index is 1.59. The van der Waals surface area contributed by atoms with Crippen molar-refractivity contribution in [1.82, 2.24) is 0 Å². The van der Waals surface area contributed by atoms with Crippen molar-refractivity contribution >= 4 is 46.2 Å². The maximum atomic E-state index is 13.4. The summed E-state index contributed by atoms with van der Waals surface area (Å²) >= 11 is 1.17. The molecule has 0 spiro atoms. The third kappa shape index (κ3) is 4.78. The summed E-state index contributed by atoms with van der Waals surface area (Å²) in [6.07, 6.45) is 1.70. The lowest BCUT2D eigenvalue weighted by Crippen LogP contribution is -2.33. The fraction of sp³-hybridized carbons (Fsp3) is 0.0800. The first-order valence-corrected chi connectivity index (χ1v) is 10.9. The number of benzene rings is 3. The number of thioether (sulfide) groups is 1. The highest BCUT2D eigenvalue weighted by Gasteiger charge is 2.32. The van der Waals surface area contributed by atoms with Gasteiger partial charge in [-0.2, -0.15) is 0 Å². The molecule has 0 radical (unpaired) electrons. The third-order valence-corrected chi connectivity index (χ3v) is 5.78. The minimum Gasteiger partial charge on any atom is -0.315 e. The van der Waals surface area contributed by atoms with Gasteiger partial charge in [0.1, 0.15) is 11.5 Å². The summed E-state index contributed by atoms with van der Waals surface area (Å²) in [5.41, 5.74) is 2.36. The van der Waals surface area contributed by atoms with Gasteiger partial charge < -0.3 is 4.90 Å². The minimum atomic E-state index is -0.397. The number of hydrogen-bond acceptors (Lipinski definition) is 4. The largest absolute Gasteiger partial charge is 0.315 e. The van der Waals surface area contributed by atoms with Crippen LogP contribution < -0.4 is 9.80 Å². The van der Waals surface area contributed by atoms with Crippen LogP contribution in [0.1, 0.15) is 5.56 Å². The smallest absolute Gasteiger partial charge is 0.283 e. The molecule has 3 aromatic carbocycles. The second-order valence-corrected chi connectivity index (χ2v) is 7.97. The predicted octanol–water partition coefficient (Wildman–Crippen LogP) is 4.97. The van der Waals surface area contributed by atoms with Crippen LogP contribution in [0.4, 0.5) is 15.8 Å². The lowest BCUT2D eigenvalue weighted by Gasteiger charge is -2.20.